The Morgan fingerprint density at radius 1 is 1.07 bits per heavy atom. The van der Waals surface area contributed by atoms with E-state index in [1.165, 1.54) is 32.1 Å². The first-order valence-electron chi connectivity index (χ1n) is 15.2. The first kappa shape index (κ1) is 26.9. The van der Waals surface area contributed by atoms with E-state index in [1.54, 1.807) is 13.3 Å². The summed E-state index contributed by atoms with van der Waals surface area (Å²) in [4.78, 5) is 11.9. The molecule has 3 heterocycles. The van der Waals surface area contributed by atoms with Gasteiger partial charge in [-0.1, -0.05) is 18.2 Å². The molecule has 4 aliphatic carbocycles. The Bertz CT molecular complexity index is 1310. The Morgan fingerprint density at radius 2 is 1.80 bits per heavy atom. The Labute approximate surface area is 243 Å². The molecule has 2 saturated heterocycles. The van der Waals surface area contributed by atoms with Crippen LogP contribution in [0.15, 0.2) is 30.5 Å². The summed E-state index contributed by atoms with van der Waals surface area (Å²) in [5.41, 5.74) is 1.98. The molecule has 2 aliphatic heterocycles. The van der Waals surface area contributed by atoms with Gasteiger partial charge in [-0.3, -0.25) is 4.90 Å². The number of hydrogen-bond acceptors (Lipinski definition) is 9. The average molecular weight is 559 g/mol. The second-order valence-corrected chi connectivity index (χ2v) is 13.9. The van der Waals surface area contributed by atoms with Gasteiger partial charge in [-0.25, -0.2) is 4.98 Å². The van der Waals surface area contributed by atoms with Crippen molar-refractivity contribution in [1.29, 1.82) is 5.26 Å². The van der Waals surface area contributed by atoms with E-state index in [1.807, 2.05) is 38.1 Å². The number of anilines is 2. The third kappa shape index (κ3) is 5.04. The summed E-state index contributed by atoms with van der Waals surface area (Å²) >= 11 is 0. The highest BCUT2D eigenvalue weighted by Crippen LogP contribution is 2.62. The topological polar surface area (TPSA) is 105 Å². The van der Waals surface area contributed by atoms with Gasteiger partial charge in [0.05, 0.1) is 26.5 Å². The summed E-state index contributed by atoms with van der Waals surface area (Å²) in [5.74, 6) is 3.83. The third-order valence-electron chi connectivity index (χ3n) is 10.5. The van der Waals surface area contributed by atoms with Crippen LogP contribution >= 0.6 is 0 Å². The molecule has 41 heavy (non-hydrogen) atoms. The smallest absolute Gasteiger partial charge is 0.224 e. The number of aromatic nitrogens is 2. The normalized spacial score (nSPS) is 32.7. The number of rotatable bonds is 8. The van der Waals surface area contributed by atoms with E-state index >= 15 is 0 Å². The standard InChI is InChI=1S/C32H42N6O3/c1-30(2)40-19-32(20-41-30)17-38(18-32)27-23-8-21-9-24(27)12-31(10-21,11-23)16-36-28-25(13-33)15-35-29(37-28)34-14-22-6-4-5-7-26(22)39-3/h4-7,15,21,23-24,27H,8-12,14,16-20H2,1-3H3,(H2,34,35,36,37)/t21?,23-,24+,27-,31-. The molecule has 2 N–H and O–H groups in total. The molecule has 1 spiro atoms. The molecule has 6 fully saturated rings. The van der Waals surface area contributed by atoms with Crippen LogP contribution in [0.25, 0.3) is 0 Å². The van der Waals surface area contributed by atoms with Crippen LogP contribution in [0.4, 0.5) is 11.8 Å². The van der Waals surface area contributed by atoms with Crippen molar-refractivity contribution in [3.8, 4) is 11.8 Å². The highest BCUT2D eigenvalue weighted by atomic mass is 16.7. The predicted octanol–water partition coefficient (Wildman–Crippen LogP) is 4.66. The summed E-state index contributed by atoms with van der Waals surface area (Å²) in [6, 6.07) is 10.9. The van der Waals surface area contributed by atoms with Crippen LogP contribution in [0.2, 0.25) is 0 Å². The summed E-state index contributed by atoms with van der Waals surface area (Å²) in [6.07, 6.45) is 8.14. The van der Waals surface area contributed by atoms with Crippen LogP contribution in [0.3, 0.4) is 0 Å². The molecule has 9 nitrogen and oxygen atoms in total. The number of ether oxygens (including phenoxy) is 3. The number of benzene rings is 1. The van der Waals surface area contributed by atoms with E-state index in [0.29, 0.717) is 29.9 Å². The van der Waals surface area contributed by atoms with Crippen molar-refractivity contribution in [3.05, 3.63) is 41.6 Å². The van der Waals surface area contributed by atoms with Gasteiger partial charge in [0.1, 0.15) is 23.2 Å². The van der Waals surface area contributed by atoms with E-state index in [0.717, 1.165) is 61.9 Å². The van der Waals surface area contributed by atoms with Crippen LogP contribution in [-0.4, -0.2) is 66.7 Å². The van der Waals surface area contributed by atoms with Crippen LogP contribution in [0, 0.1) is 39.9 Å². The van der Waals surface area contributed by atoms with Crippen molar-refractivity contribution in [3.63, 3.8) is 0 Å². The summed E-state index contributed by atoms with van der Waals surface area (Å²) in [7, 11) is 1.67. The quantitative estimate of drug-likeness (QED) is 0.479. The van der Waals surface area contributed by atoms with Gasteiger partial charge in [0.15, 0.2) is 5.79 Å². The van der Waals surface area contributed by atoms with Crippen molar-refractivity contribution in [2.24, 2.45) is 28.6 Å². The van der Waals surface area contributed by atoms with Crippen LogP contribution < -0.4 is 15.4 Å². The van der Waals surface area contributed by atoms with Gasteiger partial charge < -0.3 is 24.8 Å². The fraction of sp³-hybridized carbons (Fsp3) is 0.656. The molecule has 6 aliphatic rings. The minimum absolute atomic E-state index is 0.182. The molecular weight excluding hydrogens is 516 g/mol. The van der Waals surface area contributed by atoms with Crippen LogP contribution in [0.5, 0.6) is 5.75 Å². The van der Waals surface area contributed by atoms with E-state index in [-0.39, 0.29) is 10.8 Å². The third-order valence-corrected chi connectivity index (χ3v) is 10.5. The zero-order valence-electron chi connectivity index (χ0n) is 24.5. The van der Waals surface area contributed by atoms with Crippen molar-refractivity contribution in [2.75, 3.05) is 50.6 Å². The molecule has 4 saturated carbocycles. The highest BCUT2D eigenvalue weighted by molar-refractivity contribution is 5.53. The maximum Gasteiger partial charge on any atom is 0.224 e. The average Bonchev–Trinajstić information content (AvgIpc) is 2.94. The fourth-order valence-corrected chi connectivity index (χ4v) is 8.90. The molecule has 1 unspecified atom stereocenters. The van der Waals surface area contributed by atoms with Gasteiger partial charge in [-0.2, -0.15) is 10.2 Å². The molecular formula is C32H42N6O3. The minimum atomic E-state index is -0.449. The largest absolute Gasteiger partial charge is 0.496 e. The lowest BCUT2D eigenvalue weighted by Crippen LogP contribution is -2.71. The molecule has 1 aromatic heterocycles. The monoisotopic (exact) mass is 558 g/mol. The molecule has 0 radical (unpaired) electrons. The number of hydrogen-bond donors (Lipinski definition) is 2. The zero-order chi connectivity index (χ0) is 28.2. The minimum Gasteiger partial charge on any atom is -0.496 e. The maximum absolute atomic E-state index is 9.78. The SMILES string of the molecule is COc1ccccc1CNc1ncc(C#N)c(NC[C@]23CC4C[C@H](C2)[C@@H](N2CC5(COC(C)(C)OC5)C2)[C@@H](C4)C3)n1. The van der Waals surface area contributed by atoms with Gasteiger partial charge in [0.2, 0.25) is 5.95 Å². The molecule has 5 atom stereocenters. The van der Waals surface area contributed by atoms with Gasteiger partial charge in [-0.15, -0.1) is 0 Å². The van der Waals surface area contributed by atoms with E-state index in [9.17, 15) is 5.26 Å². The number of likely N-dealkylation sites (tertiary alicyclic amines) is 1. The van der Waals surface area contributed by atoms with E-state index in [2.05, 4.69) is 26.6 Å². The molecule has 8 rings (SSSR count). The first-order chi connectivity index (χ1) is 19.8. The van der Waals surface area contributed by atoms with Gasteiger partial charge in [0, 0.05) is 43.2 Å². The number of para-hydroxylation sites is 1. The van der Waals surface area contributed by atoms with Gasteiger partial charge >= 0.3 is 0 Å². The van der Waals surface area contributed by atoms with E-state index < -0.39 is 5.79 Å². The molecule has 218 valence electrons. The maximum atomic E-state index is 9.78. The lowest BCUT2D eigenvalue weighted by atomic mass is 9.47. The first-order valence-corrected chi connectivity index (χ1v) is 15.2. The lowest BCUT2D eigenvalue weighted by Gasteiger charge is -2.66. The zero-order valence-corrected chi connectivity index (χ0v) is 24.5. The van der Waals surface area contributed by atoms with E-state index in [4.69, 9.17) is 19.2 Å². The summed E-state index contributed by atoms with van der Waals surface area (Å²) in [6.45, 7) is 9.27. The molecule has 2 aromatic rings. The van der Waals surface area contributed by atoms with Crippen LogP contribution in [0.1, 0.15) is 57.1 Å². The van der Waals surface area contributed by atoms with Crippen molar-refractivity contribution in [1.82, 2.24) is 14.9 Å². The Morgan fingerprint density at radius 3 is 2.51 bits per heavy atom. The second-order valence-electron chi connectivity index (χ2n) is 13.9. The highest BCUT2D eigenvalue weighted by Gasteiger charge is 2.60. The molecule has 4 bridgehead atoms. The molecule has 9 heteroatoms. The predicted molar refractivity (Wildman–Crippen MR) is 155 cm³/mol. The Balaban J connectivity index is 0.997. The summed E-state index contributed by atoms with van der Waals surface area (Å²) in [5, 5.41) is 16.7. The van der Waals surface area contributed by atoms with Crippen molar-refractivity contribution < 1.29 is 14.2 Å². The Kier molecular flexibility index (Phi) is 6.64. The number of nitrogens with one attached hydrogen (secondary N) is 2. The van der Waals surface area contributed by atoms with Crippen LogP contribution in [-0.2, 0) is 16.0 Å². The number of nitrogens with zero attached hydrogens (tertiary/aromatic N) is 4. The fourth-order valence-electron chi connectivity index (χ4n) is 8.90. The molecule has 0 amide bonds. The van der Waals surface area contributed by atoms with Gasteiger partial charge in [-0.05, 0) is 75.2 Å². The number of nitriles is 1. The van der Waals surface area contributed by atoms with Gasteiger partial charge in [0.25, 0.3) is 0 Å². The molecule has 1 aromatic carbocycles. The lowest BCUT2D eigenvalue weighted by molar-refractivity contribution is -0.312. The van der Waals surface area contributed by atoms with Crippen molar-refractivity contribution in [2.45, 2.75) is 64.3 Å². The Hall–Kier alpha value is -2.93. The summed E-state index contributed by atoms with van der Waals surface area (Å²) < 4.78 is 17.6. The van der Waals surface area contributed by atoms with Crippen molar-refractivity contribution >= 4 is 11.8 Å². The second kappa shape index (κ2) is 10.1. The number of methoxy groups -OCH3 is 1.